The second-order valence-corrected chi connectivity index (χ2v) is 4.58. The Hall–Kier alpha value is -0.650. The van der Waals surface area contributed by atoms with Crippen molar-refractivity contribution >= 4 is 5.97 Å². The lowest BCUT2D eigenvalue weighted by Crippen LogP contribution is -2.47. The van der Waals surface area contributed by atoms with E-state index in [0.717, 1.165) is 0 Å². The van der Waals surface area contributed by atoms with Gasteiger partial charge in [-0.2, -0.15) is 0 Å². The number of carbonyl (C=O) groups excluding carboxylic acids is 1. The van der Waals surface area contributed by atoms with Crippen molar-refractivity contribution in [2.75, 3.05) is 13.2 Å². The summed E-state index contributed by atoms with van der Waals surface area (Å²) in [5.74, 6) is -1.77. The molecule has 5 heteroatoms. The molecular formula is C10H16O5. The first-order valence-electron chi connectivity index (χ1n) is 5.19. The van der Waals surface area contributed by atoms with E-state index in [-0.39, 0.29) is 18.6 Å². The maximum Gasteiger partial charge on any atom is 0.312 e. The first kappa shape index (κ1) is 10.9. The minimum atomic E-state index is -1.30. The van der Waals surface area contributed by atoms with Gasteiger partial charge in [-0.3, -0.25) is 4.79 Å². The Morgan fingerprint density at radius 2 is 2.20 bits per heavy atom. The third-order valence-electron chi connectivity index (χ3n) is 3.87. The summed E-state index contributed by atoms with van der Waals surface area (Å²) in [6.07, 6.45) is 0.186. The van der Waals surface area contributed by atoms with Crippen molar-refractivity contribution in [3.05, 3.63) is 0 Å². The maximum absolute atomic E-state index is 11.4. The van der Waals surface area contributed by atoms with Crippen molar-refractivity contribution in [3.63, 3.8) is 0 Å². The number of ether oxygens (including phenoxy) is 1. The van der Waals surface area contributed by atoms with E-state index in [1.165, 1.54) is 0 Å². The van der Waals surface area contributed by atoms with Crippen LogP contribution in [-0.4, -0.2) is 46.2 Å². The Labute approximate surface area is 87.7 Å². The highest BCUT2D eigenvalue weighted by Gasteiger charge is 2.61. The second-order valence-electron chi connectivity index (χ2n) is 4.58. The molecule has 0 aromatic heterocycles. The number of hydrogen-bond acceptors (Lipinski definition) is 5. The lowest BCUT2D eigenvalue weighted by atomic mass is 9.79. The zero-order valence-corrected chi connectivity index (χ0v) is 8.59. The van der Waals surface area contributed by atoms with E-state index in [9.17, 15) is 15.0 Å². The summed E-state index contributed by atoms with van der Waals surface area (Å²) in [6.45, 7) is 1.08. The summed E-state index contributed by atoms with van der Waals surface area (Å²) in [7, 11) is 0. The first-order valence-corrected chi connectivity index (χ1v) is 5.19. The lowest BCUT2D eigenvalue weighted by Gasteiger charge is -2.32. The lowest BCUT2D eigenvalue weighted by molar-refractivity contribution is -0.146. The molecule has 0 aromatic carbocycles. The molecule has 1 aliphatic heterocycles. The van der Waals surface area contributed by atoms with Crippen LogP contribution in [0.2, 0.25) is 0 Å². The summed E-state index contributed by atoms with van der Waals surface area (Å²) >= 11 is 0. The average Bonchev–Trinajstić information content (AvgIpc) is 2.63. The minimum absolute atomic E-state index is 0.125. The molecule has 86 valence electrons. The fraction of sp³-hybridized carbons (Fsp3) is 0.900. The Balaban J connectivity index is 2.31. The molecule has 5 nitrogen and oxygen atoms in total. The molecule has 1 saturated heterocycles. The average molecular weight is 216 g/mol. The van der Waals surface area contributed by atoms with Gasteiger partial charge in [-0.25, -0.2) is 0 Å². The molecule has 0 bridgehead atoms. The molecular weight excluding hydrogens is 200 g/mol. The van der Waals surface area contributed by atoms with Crippen molar-refractivity contribution < 1.29 is 24.9 Å². The Bertz CT molecular complexity index is 279. The van der Waals surface area contributed by atoms with Crippen LogP contribution in [0.1, 0.15) is 13.3 Å². The first-order chi connectivity index (χ1) is 7.04. The highest BCUT2D eigenvalue weighted by atomic mass is 16.6. The third-order valence-corrected chi connectivity index (χ3v) is 3.87. The molecule has 0 unspecified atom stereocenters. The zero-order valence-electron chi connectivity index (χ0n) is 8.59. The van der Waals surface area contributed by atoms with Crippen LogP contribution in [0.25, 0.3) is 0 Å². The van der Waals surface area contributed by atoms with Crippen molar-refractivity contribution in [2.24, 2.45) is 17.8 Å². The van der Waals surface area contributed by atoms with Crippen LogP contribution in [0, 0.1) is 17.8 Å². The van der Waals surface area contributed by atoms with Gasteiger partial charge in [0.05, 0.1) is 24.7 Å². The summed E-state index contributed by atoms with van der Waals surface area (Å²) < 4.78 is 5.09. The molecule has 0 radical (unpaired) electrons. The number of carbonyl (C=O) groups is 1. The number of fused-ring (bicyclic) bond motifs is 1. The van der Waals surface area contributed by atoms with Crippen LogP contribution < -0.4 is 0 Å². The number of aliphatic hydroxyl groups excluding tert-OH is 2. The van der Waals surface area contributed by atoms with E-state index in [0.29, 0.717) is 6.42 Å². The van der Waals surface area contributed by atoms with Crippen LogP contribution in [-0.2, 0) is 9.53 Å². The standard InChI is InChI=1S/C10H16O5/c1-5-2-7-8(10(5,14)4-12)6(3-11)9(13)15-7/h5-8,11-12,14H,2-4H2,1H3/t5-,6-,7-,8-,10-/m0/s1. The van der Waals surface area contributed by atoms with Crippen LogP contribution >= 0.6 is 0 Å². The summed E-state index contributed by atoms with van der Waals surface area (Å²) in [5, 5.41) is 28.6. The molecule has 15 heavy (non-hydrogen) atoms. The number of aliphatic hydroxyl groups is 3. The van der Waals surface area contributed by atoms with E-state index in [1.54, 1.807) is 0 Å². The highest BCUT2D eigenvalue weighted by Crippen LogP contribution is 2.49. The van der Waals surface area contributed by atoms with Crippen molar-refractivity contribution in [1.82, 2.24) is 0 Å². The molecule has 0 amide bonds. The topological polar surface area (TPSA) is 87.0 Å². The highest BCUT2D eigenvalue weighted by molar-refractivity contribution is 5.76. The fourth-order valence-corrected chi connectivity index (χ4v) is 2.91. The number of hydrogen-bond donors (Lipinski definition) is 3. The van der Waals surface area contributed by atoms with Crippen molar-refractivity contribution in [2.45, 2.75) is 25.0 Å². The van der Waals surface area contributed by atoms with Crippen molar-refractivity contribution in [1.29, 1.82) is 0 Å². The van der Waals surface area contributed by atoms with E-state index in [1.807, 2.05) is 6.92 Å². The molecule has 2 fully saturated rings. The summed E-state index contributed by atoms with van der Waals surface area (Å²) in [6, 6.07) is 0. The third kappa shape index (κ3) is 1.30. The SMILES string of the molecule is C[C@H]1C[C@@H]2OC(=O)[C@@H](CO)[C@@H]2[C@]1(O)CO. The van der Waals surface area contributed by atoms with E-state index >= 15 is 0 Å². The summed E-state index contributed by atoms with van der Waals surface area (Å²) in [5.41, 5.74) is -1.30. The number of esters is 1. The van der Waals surface area contributed by atoms with E-state index in [2.05, 4.69) is 0 Å². The Morgan fingerprint density at radius 3 is 2.73 bits per heavy atom. The molecule has 5 atom stereocenters. The molecule has 1 saturated carbocycles. The van der Waals surface area contributed by atoms with Crippen LogP contribution in [0.5, 0.6) is 0 Å². The van der Waals surface area contributed by atoms with Gasteiger partial charge in [0.1, 0.15) is 6.10 Å². The van der Waals surface area contributed by atoms with Crippen LogP contribution in [0.4, 0.5) is 0 Å². The molecule has 0 aromatic rings. The van der Waals surface area contributed by atoms with Crippen LogP contribution in [0.3, 0.4) is 0 Å². The van der Waals surface area contributed by atoms with E-state index < -0.39 is 30.0 Å². The smallest absolute Gasteiger partial charge is 0.312 e. The molecule has 1 heterocycles. The van der Waals surface area contributed by atoms with Gasteiger partial charge in [-0.05, 0) is 12.3 Å². The molecule has 3 N–H and O–H groups in total. The molecule has 0 spiro atoms. The largest absolute Gasteiger partial charge is 0.462 e. The Kier molecular flexibility index (Phi) is 2.48. The Morgan fingerprint density at radius 1 is 1.53 bits per heavy atom. The maximum atomic E-state index is 11.4. The van der Waals surface area contributed by atoms with Gasteiger partial charge in [0.2, 0.25) is 0 Å². The monoisotopic (exact) mass is 216 g/mol. The molecule has 2 aliphatic rings. The van der Waals surface area contributed by atoms with Gasteiger partial charge >= 0.3 is 5.97 Å². The fourth-order valence-electron chi connectivity index (χ4n) is 2.91. The molecule has 2 rings (SSSR count). The van der Waals surface area contributed by atoms with Gasteiger partial charge in [0.15, 0.2) is 0 Å². The van der Waals surface area contributed by atoms with Gasteiger partial charge in [0, 0.05) is 5.92 Å². The predicted octanol–water partition coefficient (Wildman–Crippen LogP) is -1.10. The summed E-state index contributed by atoms with van der Waals surface area (Å²) in [4.78, 5) is 11.4. The van der Waals surface area contributed by atoms with Crippen LogP contribution in [0.15, 0.2) is 0 Å². The van der Waals surface area contributed by atoms with Gasteiger partial charge in [0.25, 0.3) is 0 Å². The van der Waals surface area contributed by atoms with Gasteiger partial charge < -0.3 is 20.1 Å². The normalized spacial score (nSPS) is 49.2. The zero-order chi connectivity index (χ0) is 11.2. The van der Waals surface area contributed by atoms with Gasteiger partial charge in [-0.15, -0.1) is 0 Å². The van der Waals surface area contributed by atoms with Crippen molar-refractivity contribution in [3.8, 4) is 0 Å². The minimum Gasteiger partial charge on any atom is -0.462 e. The molecule has 1 aliphatic carbocycles. The second kappa shape index (κ2) is 3.43. The predicted molar refractivity (Wildman–Crippen MR) is 49.8 cm³/mol. The number of rotatable bonds is 2. The van der Waals surface area contributed by atoms with Gasteiger partial charge in [-0.1, -0.05) is 6.92 Å². The van der Waals surface area contributed by atoms with E-state index in [4.69, 9.17) is 9.84 Å². The quantitative estimate of drug-likeness (QED) is 0.510.